The number of nitrogens with one attached hydrogen (secondary N) is 1. The van der Waals surface area contributed by atoms with Gasteiger partial charge < -0.3 is 10.1 Å². The van der Waals surface area contributed by atoms with Crippen LogP contribution in [0.1, 0.15) is 41.1 Å². The lowest BCUT2D eigenvalue weighted by molar-refractivity contribution is -0.113. The Morgan fingerprint density at radius 2 is 1.94 bits per heavy atom. The summed E-state index contributed by atoms with van der Waals surface area (Å²) in [6.45, 7) is 14.5. The Morgan fingerprint density at radius 3 is 2.66 bits per heavy atom. The van der Waals surface area contributed by atoms with Crippen LogP contribution in [0.3, 0.4) is 0 Å². The summed E-state index contributed by atoms with van der Waals surface area (Å²) < 4.78 is 8.06. The third-order valence-corrected chi connectivity index (χ3v) is 6.39. The highest BCUT2D eigenvalue weighted by Crippen LogP contribution is 2.26. The van der Waals surface area contributed by atoms with Crippen molar-refractivity contribution in [2.24, 2.45) is 0 Å². The number of hydrogen-bond donors (Lipinski definition) is 1. The number of amides is 1. The molecule has 3 aromatic rings. The maximum Gasteiger partial charge on any atom is 0.234 e. The highest BCUT2D eigenvalue weighted by atomic mass is 32.2. The second-order valence-corrected chi connectivity index (χ2v) is 8.77. The molecule has 1 aromatic heterocycles. The molecule has 2 aromatic carbocycles. The zero-order chi connectivity index (χ0) is 23.3. The second-order valence-electron chi connectivity index (χ2n) is 7.83. The largest absolute Gasteiger partial charge is 0.483 e. The Morgan fingerprint density at radius 1 is 1.16 bits per heavy atom. The quantitative estimate of drug-likeness (QED) is 0.341. The number of thioether (sulfide) groups is 1. The van der Waals surface area contributed by atoms with Crippen molar-refractivity contribution in [2.45, 2.75) is 52.4 Å². The third kappa shape index (κ3) is 5.59. The smallest absolute Gasteiger partial charge is 0.234 e. The van der Waals surface area contributed by atoms with Crippen LogP contribution in [-0.4, -0.2) is 26.4 Å². The number of aryl methyl sites for hydroxylation is 3. The molecule has 0 saturated heterocycles. The predicted octanol–water partition coefficient (Wildman–Crippen LogP) is 5.57. The summed E-state index contributed by atoms with van der Waals surface area (Å²) in [4.78, 5) is 12.5. The van der Waals surface area contributed by atoms with Crippen LogP contribution in [0.15, 0.2) is 54.2 Å². The molecule has 0 aliphatic heterocycles. The van der Waals surface area contributed by atoms with Crippen LogP contribution < -0.4 is 10.1 Å². The molecule has 3 rings (SSSR count). The fraction of sp³-hybridized carbons (Fsp3) is 0.320. The van der Waals surface area contributed by atoms with Gasteiger partial charge in [0.25, 0.3) is 0 Å². The molecule has 32 heavy (non-hydrogen) atoms. The Kier molecular flexibility index (Phi) is 7.75. The van der Waals surface area contributed by atoms with E-state index in [1.54, 1.807) is 6.08 Å². The van der Waals surface area contributed by atoms with Gasteiger partial charge in [0.1, 0.15) is 5.75 Å². The highest BCUT2D eigenvalue weighted by Gasteiger charge is 2.20. The molecule has 6 nitrogen and oxygen atoms in total. The number of ether oxygens (including phenoxy) is 1. The van der Waals surface area contributed by atoms with Crippen LogP contribution >= 0.6 is 11.8 Å². The number of nitrogens with zero attached hydrogens (tertiary/aromatic N) is 3. The van der Waals surface area contributed by atoms with Gasteiger partial charge in [-0.3, -0.25) is 9.36 Å². The van der Waals surface area contributed by atoms with E-state index in [9.17, 15) is 4.79 Å². The first kappa shape index (κ1) is 23.6. The highest BCUT2D eigenvalue weighted by molar-refractivity contribution is 7.99. The first-order valence-corrected chi connectivity index (χ1v) is 11.6. The van der Waals surface area contributed by atoms with Gasteiger partial charge in [-0.05, 0) is 75.1 Å². The number of carbonyl (C=O) groups is 1. The summed E-state index contributed by atoms with van der Waals surface area (Å²) in [5, 5.41) is 12.3. The molecule has 0 saturated carbocycles. The van der Waals surface area contributed by atoms with Crippen molar-refractivity contribution >= 4 is 23.4 Å². The van der Waals surface area contributed by atoms with Gasteiger partial charge in [0.15, 0.2) is 17.1 Å². The lowest BCUT2D eigenvalue weighted by Crippen LogP contribution is -2.16. The van der Waals surface area contributed by atoms with E-state index in [0.29, 0.717) is 17.5 Å². The molecule has 1 unspecified atom stereocenters. The van der Waals surface area contributed by atoms with E-state index in [-0.39, 0.29) is 17.8 Å². The number of hydrogen-bond acceptors (Lipinski definition) is 5. The van der Waals surface area contributed by atoms with Gasteiger partial charge >= 0.3 is 0 Å². The van der Waals surface area contributed by atoms with Crippen LogP contribution in [0, 0.1) is 27.7 Å². The average Bonchev–Trinajstić information content (AvgIpc) is 3.15. The van der Waals surface area contributed by atoms with Crippen molar-refractivity contribution in [3.8, 4) is 5.75 Å². The predicted molar refractivity (Wildman–Crippen MR) is 130 cm³/mol. The van der Waals surface area contributed by atoms with Gasteiger partial charge in [-0.1, -0.05) is 36.0 Å². The molecular formula is C25H30N4O2S. The van der Waals surface area contributed by atoms with Crippen molar-refractivity contribution in [1.29, 1.82) is 0 Å². The molecule has 0 fully saturated rings. The standard InChI is InChI=1S/C25H30N4O2S/c1-7-13-29-24(20(6)31-21-12-11-16(2)18(4)14-21)27-28-25(29)32-15-23(30)26-22-10-8-9-17(3)19(22)5/h7-12,14,20H,1,13,15H2,2-6H3,(H,26,30). The summed E-state index contributed by atoms with van der Waals surface area (Å²) in [5.41, 5.74) is 5.44. The Labute approximate surface area is 194 Å². The molecule has 1 amide bonds. The normalized spacial score (nSPS) is 11.8. The second kappa shape index (κ2) is 10.5. The van der Waals surface area contributed by atoms with Crippen LogP contribution in [0.25, 0.3) is 0 Å². The molecule has 1 atom stereocenters. The van der Waals surface area contributed by atoms with Crippen molar-refractivity contribution in [2.75, 3.05) is 11.1 Å². The van der Waals surface area contributed by atoms with Crippen molar-refractivity contribution in [1.82, 2.24) is 14.8 Å². The van der Waals surface area contributed by atoms with Crippen molar-refractivity contribution < 1.29 is 9.53 Å². The van der Waals surface area contributed by atoms with Crippen LogP contribution in [0.2, 0.25) is 0 Å². The summed E-state index contributed by atoms with van der Waals surface area (Å²) in [6.07, 6.45) is 1.48. The molecule has 0 spiro atoms. The monoisotopic (exact) mass is 450 g/mol. The van der Waals surface area contributed by atoms with E-state index in [1.165, 1.54) is 22.9 Å². The number of benzene rings is 2. The van der Waals surface area contributed by atoms with E-state index >= 15 is 0 Å². The minimum atomic E-state index is -0.303. The summed E-state index contributed by atoms with van der Waals surface area (Å²) in [6, 6.07) is 11.9. The first-order valence-electron chi connectivity index (χ1n) is 10.6. The third-order valence-electron chi connectivity index (χ3n) is 5.42. The van der Waals surface area contributed by atoms with Crippen LogP contribution in [-0.2, 0) is 11.3 Å². The van der Waals surface area contributed by atoms with Crippen LogP contribution in [0.5, 0.6) is 5.75 Å². The van der Waals surface area contributed by atoms with Crippen molar-refractivity contribution in [3.63, 3.8) is 0 Å². The molecule has 0 radical (unpaired) electrons. The molecule has 0 bridgehead atoms. The molecule has 0 aliphatic carbocycles. The average molecular weight is 451 g/mol. The van der Waals surface area contributed by atoms with E-state index < -0.39 is 0 Å². The maximum absolute atomic E-state index is 12.5. The Balaban J connectivity index is 1.69. The minimum absolute atomic E-state index is 0.0853. The number of anilines is 1. The van der Waals surface area contributed by atoms with Gasteiger partial charge in [0.2, 0.25) is 5.91 Å². The molecule has 1 heterocycles. The lowest BCUT2D eigenvalue weighted by atomic mass is 10.1. The SMILES string of the molecule is C=CCn1c(SCC(=O)Nc2cccc(C)c2C)nnc1C(C)Oc1ccc(C)c(C)c1. The van der Waals surface area contributed by atoms with E-state index in [1.807, 2.05) is 61.7 Å². The molecular weight excluding hydrogens is 420 g/mol. The summed E-state index contributed by atoms with van der Waals surface area (Å²) in [5.74, 6) is 1.63. The number of rotatable bonds is 9. The fourth-order valence-electron chi connectivity index (χ4n) is 3.26. The number of carbonyl (C=O) groups excluding carboxylic acids is 1. The molecule has 0 aliphatic rings. The lowest BCUT2D eigenvalue weighted by Gasteiger charge is -2.16. The summed E-state index contributed by atoms with van der Waals surface area (Å²) >= 11 is 1.35. The van der Waals surface area contributed by atoms with E-state index in [0.717, 1.165) is 22.6 Å². The zero-order valence-corrected chi connectivity index (χ0v) is 20.1. The Hall–Kier alpha value is -3.06. The minimum Gasteiger partial charge on any atom is -0.483 e. The number of allylic oxidation sites excluding steroid dienone is 1. The molecule has 7 heteroatoms. The molecule has 168 valence electrons. The van der Waals surface area contributed by atoms with E-state index in [2.05, 4.69) is 35.9 Å². The van der Waals surface area contributed by atoms with Crippen molar-refractivity contribution in [3.05, 3.63) is 77.1 Å². The molecule has 1 N–H and O–H groups in total. The van der Waals surface area contributed by atoms with Gasteiger partial charge in [-0.2, -0.15) is 0 Å². The van der Waals surface area contributed by atoms with E-state index in [4.69, 9.17) is 4.74 Å². The van der Waals surface area contributed by atoms with Gasteiger partial charge in [-0.25, -0.2) is 0 Å². The zero-order valence-electron chi connectivity index (χ0n) is 19.3. The first-order chi connectivity index (χ1) is 15.3. The van der Waals surface area contributed by atoms with Gasteiger partial charge in [-0.15, -0.1) is 16.8 Å². The maximum atomic E-state index is 12.5. The van der Waals surface area contributed by atoms with Gasteiger partial charge in [0, 0.05) is 12.2 Å². The Bertz CT molecular complexity index is 1120. The number of aromatic nitrogens is 3. The topological polar surface area (TPSA) is 69.0 Å². The van der Waals surface area contributed by atoms with Gasteiger partial charge in [0.05, 0.1) is 5.75 Å². The van der Waals surface area contributed by atoms with Crippen LogP contribution in [0.4, 0.5) is 5.69 Å². The fourth-order valence-corrected chi connectivity index (χ4v) is 4.01. The summed E-state index contributed by atoms with van der Waals surface area (Å²) in [7, 11) is 0.